The van der Waals surface area contributed by atoms with Crippen molar-refractivity contribution in [2.24, 2.45) is 0 Å². The highest BCUT2D eigenvalue weighted by atomic mass is 16.1. The van der Waals surface area contributed by atoms with Gasteiger partial charge in [0, 0.05) is 18.5 Å². The van der Waals surface area contributed by atoms with E-state index in [1.54, 1.807) is 0 Å². The van der Waals surface area contributed by atoms with E-state index in [1.807, 2.05) is 0 Å². The van der Waals surface area contributed by atoms with Crippen LogP contribution in [0.2, 0.25) is 0 Å². The van der Waals surface area contributed by atoms with Crippen molar-refractivity contribution in [3.05, 3.63) is 0 Å². The molecule has 1 rings (SSSR count). The molecule has 1 fully saturated rings. The fraction of sp³-hybridized carbons (Fsp3) is 0.933. The molecule has 0 aliphatic carbocycles. The quantitative estimate of drug-likeness (QED) is 0.654. The van der Waals surface area contributed by atoms with E-state index in [0.717, 1.165) is 19.4 Å². The predicted octanol–water partition coefficient (Wildman–Crippen LogP) is 2.99. The molecule has 106 valence electrons. The van der Waals surface area contributed by atoms with E-state index in [0.29, 0.717) is 18.5 Å². The molecule has 18 heavy (non-hydrogen) atoms. The van der Waals surface area contributed by atoms with Crippen LogP contribution >= 0.6 is 0 Å². The minimum atomic E-state index is 0.242. The highest BCUT2D eigenvalue weighted by Gasteiger charge is 2.21. The number of amides is 1. The summed E-state index contributed by atoms with van der Waals surface area (Å²) < 4.78 is 0. The fourth-order valence-corrected chi connectivity index (χ4v) is 2.59. The molecular weight excluding hydrogens is 224 g/mol. The zero-order valence-corrected chi connectivity index (χ0v) is 12.1. The van der Waals surface area contributed by atoms with E-state index >= 15 is 0 Å². The van der Waals surface area contributed by atoms with E-state index in [4.69, 9.17) is 0 Å². The van der Waals surface area contributed by atoms with Crippen LogP contribution in [-0.2, 0) is 4.79 Å². The van der Waals surface area contributed by atoms with Gasteiger partial charge in [-0.1, -0.05) is 39.0 Å². The third-order valence-electron chi connectivity index (χ3n) is 3.87. The van der Waals surface area contributed by atoms with Gasteiger partial charge in [0.15, 0.2) is 0 Å². The van der Waals surface area contributed by atoms with Crippen LogP contribution in [0.25, 0.3) is 0 Å². The second-order valence-corrected chi connectivity index (χ2v) is 5.58. The van der Waals surface area contributed by atoms with Crippen LogP contribution in [0.5, 0.6) is 0 Å². The normalized spacial score (nSPS) is 23.9. The molecule has 0 bridgehead atoms. The molecule has 3 nitrogen and oxygen atoms in total. The predicted molar refractivity (Wildman–Crippen MR) is 76.6 cm³/mol. The molecule has 1 saturated heterocycles. The van der Waals surface area contributed by atoms with Crippen molar-refractivity contribution in [1.82, 2.24) is 10.6 Å². The van der Waals surface area contributed by atoms with Crippen molar-refractivity contribution >= 4 is 5.91 Å². The average Bonchev–Trinajstić information content (AvgIpc) is 2.36. The molecule has 2 unspecified atom stereocenters. The molecule has 0 spiro atoms. The zero-order valence-electron chi connectivity index (χ0n) is 12.1. The minimum absolute atomic E-state index is 0.242. The van der Waals surface area contributed by atoms with Crippen molar-refractivity contribution in [2.45, 2.75) is 83.7 Å². The first-order valence-corrected chi connectivity index (χ1v) is 7.76. The Kier molecular flexibility index (Phi) is 8.06. The summed E-state index contributed by atoms with van der Waals surface area (Å²) in [5.41, 5.74) is 0. The number of carbonyl (C=O) groups excluding carboxylic acids is 1. The number of nitrogens with one attached hydrogen (secondary N) is 2. The Bertz CT molecular complexity index is 231. The molecule has 1 amide bonds. The van der Waals surface area contributed by atoms with Gasteiger partial charge in [-0.15, -0.1) is 0 Å². The molecule has 2 atom stereocenters. The SMILES string of the molecule is CCCCCCCCC(=O)NC1CCCNC1C. The summed E-state index contributed by atoms with van der Waals surface area (Å²) in [6.45, 7) is 5.48. The van der Waals surface area contributed by atoms with Crippen LogP contribution in [0, 0.1) is 0 Å². The van der Waals surface area contributed by atoms with Crippen molar-refractivity contribution in [2.75, 3.05) is 6.54 Å². The second kappa shape index (κ2) is 9.37. The molecule has 1 aliphatic heterocycles. The fourth-order valence-electron chi connectivity index (χ4n) is 2.59. The van der Waals surface area contributed by atoms with Crippen LogP contribution < -0.4 is 10.6 Å². The maximum absolute atomic E-state index is 11.8. The van der Waals surface area contributed by atoms with Gasteiger partial charge in [-0.05, 0) is 32.7 Å². The number of piperidine rings is 1. The molecule has 1 aliphatic rings. The lowest BCUT2D eigenvalue weighted by Gasteiger charge is -2.30. The number of unbranched alkanes of at least 4 members (excludes halogenated alkanes) is 5. The van der Waals surface area contributed by atoms with Crippen LogP contribution in [0.15, 0.2) is 0 Å². The van der Waals surface area contributed by atoms with Crippen molar-refractivity contribution in [3.8, 4) is 0 Å². The van der Waals surface area contributed by atoms with E-state index < -0.39 is 0 Å². The van der Waals surface area contributed by atoms with E-state index in [9.17, 15) is 4.79 Å². The largest absolute Gasteiger partial charge is 0.352 e. The third kappa shape index (κ3) is 6.39. The van der Waals surface area contributed by atoms with Crippen LogP contribution in [0.1, 0.15) is 71.6 Å². The minimum Gasteiger partial charge on any atom is -0.352 e. The Morgan fingerprint density at radius 2 is 1.94 bits per heavy atom. The monoisotopic (exact) mass is 254 g/mol. The van der Waals surface area contributed by atoms with Gasteiger partial charge in [-0.3, -0.25) is 4.79 Å². The number of rotatable bonds is 8. The molecule has 0 radical (unpaired) electrons. The van der Waals surface area contributed by atoms with Crippen LogP contribution in [0.3, 0.4) is 0 Å². The Balaban J connectivity index is 2.02. The van der Waals surface area contributed by atoms with E-state index in [2.05, 4.69) is 24.5 Å². The van der Waals surface area contributed by atoms with E-state index in [-0.39, 0.29) is 5.91 Å². The van der Waals surface area contributed by atoms with Crippen molar-refractivity contribution in [3.63, 3.8) is 0 Å². The molecule has 1 heterocycles. The van der Waals surface area contributed by atoms with Crippen LogP contribution in [-0.4, -0.2) is 24.5 Å². The van der Waals surface area contributed by atoms with Crippen molar-refractivity contribution in [1.29, 1.82) is 0 Å². The summed E-state index contributed by atoms with van der Waals surface area (Å²) in [6.07, 6.45) is 10.5. The van der Waals surface area contributed by atoms with Crippen molar-refractivity contribution < 1.29 is 4.79 Å². The average molecular weight is 254 g/mol. The lowest BCUT2D eigenvalue weighted by Crippen LogP contribution is -2.51. The maximum Gasteiger partial charge on any atom is 0.220 e. The summed E-state index contributed by atoms with van der Waals surface area (Å²) in [6, 6.07) is 0.763. The van der Waals surface area contributed by atoms with E-state index in [1.165, 1.54) is 38.5 Å². The zero-order chi connectivity index (χ0) is 13.2. The first-order chi connectivity index (χ1) is 8.74. The van der Waals surface area contributed by atoms with Gasteiger partial charge in [0.1, 0.15) is 0 Å². The first kappa shape index (κ1) is 15.5. The number of hydrogen-bond acceptors (Lipinski definition) is 2. The Labute approximate surface area is 112 Å². The molecule has 3 heteroatoms. The third-order valence-corrected chi connectivity index (χ3v) is 3.87. The van der Waals surface area contributed by atoms with Gasteiger partial charge < -0.3 is 10.6 Å². The summed E-state index contributed by atoms with van der Waals surface area (Å²) in [5, 5.41) is 6.58. The molecular formula is C15H30N2O. The topological polar surface area (TPSA) is 41.1 Å². The summed E-state index contributed by atoms with van der Waals surface area (Å²) in [5.74, 6) is 0.242. The summed E-state index contributed by atoms with van der Waals surface area (Å²) in [4.78, 5) is 11.8. The lowest BCUT2D eigenvalue weighted by atomic mass is 9.99. The Morgan fingerprint density at radius 1 is 1.22 bits per heavy atom. The maximum atomic E-state index is 11.8. The first-order valence-electron chi connectivity index (χ1n) is 7.76. The Morgan fingerprint density at radius 3 is 2.67 bits per heavy atom. The van der Waals surface area contributed by atoms with Gasteiger partial charge in [0.05, 0.1) is 0 Å². The summed E-state index contributed by atoms with van der Waals surface area (Å²) in [7, 11) is 0. The molecule has 0 aromatic rings. The Hall–Kier alpha value is -0.570. The molecule has 2 N–H and O–H groups in total. The standard InChI is InChI=1S/C15H30N2O/c1-3-4-5-6-7-8-11-15(18)17-14-10-9-12-16-13(14)2/h13-14,16H,3-12H2,1-2H3,(H,17,18). The lowest BCUT2D eigenvalue weighted by molar-refractivity contribution is -0.122. The van der Waals surface area contributed by atoms with Gasteiger partial charge in [0.25, 0.3) is 0 Å². The summed E-state index contributed by atoms with van der Waals surface area (Å²) >= 11 is 0. The van der Waals surface area contributed by atoms with Gasteiger partial charge in [-0.2, -0.15) is 0 Å². The highest BCUT2D eigenvalue weighted by molar-refractivity contribution is 5.76. The van der Waals surface area contributed by atoms with Gasteiger partial charge in [-0.25, -0.2) is 0 Å². The van der Waals surface area contributed by atoms with Gasteiger partial charge >= 0.3 is 0 Å². The number of hydrogen-bond donors (Lipinski definition) is 2. The highest BCUT2D eigenvalue weighted by Crippen LogP contribution is 2.10. The second-order valence-electron chi connectivity index (χ2n) is 5.58. The van der Waals surface area contributed by atoms with Gasteiger partial charge in [0.2, 0.25) is 5.91 Å². The molecule has 0 aromatic carbocycles. The molecule has 0 saturated carbocycles. The van der Waals surface area contributed by atoms with Crippen LogP contribution in [0.4, 0.5) is 0 Å². The smallest absolute Gasteiger partial charge is 0.220 e. The molecule has 0 aromatic heterocycles. The number of carbonyl (C=O) groups is 1.